The van der Waals surface area contributed by atoms with Crippen LogP contribution < -0.4 is 11.1 Å². The molecule has 0 radical (unpaired) electrons. The van der Waals surface area contributed by atoms with E-state index in [-0.39, 0.29) is 11.8 Å². The number of benzene rings is 1. The van der Waals surface area contributed by atoms with Gasteiger partial charge in [-0.05, 0) is 30.9 Å². The number of aromatic nitrogens is 1. The molecule has 1 aromatic carbocycles. The number of carbonyl (C=O) groups excluding carboxylic acids is 2. The van der Waals surface area contributed by atoms with Gasteiger partial charge in [0.2, 0.25) is 11.8 Å². The average Bonchev–Trinajstić information content (AvgIpc) is 3.02. The van der Waals surface area contributed by atoms with Gasteiger partial charge < -0.3 is 20.8 Å². The van der Waals surface area contributed by atoms with Gasteiger partial charge in [-0.25, -0.2) is 0 Å². The molecule has 0 aliphatic carbocycles. The molecule has 6 heteroatoms. The van der Waals surface area contributed by atoms with Gasteiger partial charge in [0, 0.05) is 43.3 Å². The molecular formula is C18H23N3O3. The lowest BCUT2D eigenvalue weighted by molar-refractivity contribution is -0.134. The lowest BCUT2D eigenvalue weighted by Gasteiger charge is -2.34. The SMILES string of the molecule is NC(=O)C1(CNC(=O)CCc2c[nH]c3ccccc23)CCOCC1. The predicted molar refractivity (Wildman–Crippen MR) is 91.3 cm³/mol. The molecule has 1 aliphatic rings. The van der Waals surface area contributed by atoms with E-state index in [4.69, 9.17) is 10.5 Å². The quantitative estimate of drug-likeness (QED) is 0.749. The number of nitrogens with one attached hydrogen (secondary N) is 2. The first-order chi connectivity index (χ1) is 11.6. The Hall–Kier alpha value is -2.34. The van der Waals surface area contributed by atoms with Gasteiger partial charge in [0.05, 0.1) is 5.41 Å². The number of para-hydroxylation sites is 1. The van der Waals surface area contributed by atoms with Crippen molar-refractivity contribution >= 4 is 22.7 Å². The number of H-pyrrole nitrogens is 1. The fourth-order valence-electron chi connectivity index (χ4n) is 3.22. The molecule has 0 spiro atoms. The Kier molecular flexibility index (Phi) is 4.85. The highest BCUT2D eigenvalue weighted by Crippen LogP contribution is 2.29. The van der Waals surface area contributed by atoms with E-state index in [1.807, 2.05) is 30.5 Å². The van der Waals surface area contributed by atoms with Crippen LogP contribution in [0.1, 0.15) is 24.8 Å². The van der Waals surface area contributed by atoms with Crippen molar-refractivity contribution in [2.75, 3.05) is 19.8 Å². The monoisotopic (exact) mass is 329 g/mol. The summed E-state index contributed by atoms with van der Waals surface area (Å²) in [6.07, 6.45) is 4.10. The summed E-state index contributed by atoms with van der Waals surface area (Å²) < 4.78 is 5.30. The number of fused-ring (bicyclic) bond motifs is 1. The number of aryl methyl sites for hydroxylation is 1. The van der Waals surface area contributed by atoms with Crippen molar-refractivity contribution in [1.82, 2.24) is 10.3 Å². The van der Waals surface area contributed by atoms with E-state index in [9.17, 15) is 9.59 Å². The van der Waals surface area contributed by atoms with Crippen molar-refractivity contribution in [3.05, 3.63) is 36.0 Å². The van der Waals surface area contributed by atoms with Crippen molar-refractivity contribution in [2.45, 2.75) is 25.7 Å². The van der Waals surface area contributed by atoms with Crippen molar-refractivity contribution in [2.24, 2.45) is 11.1 Å². The van der Waals surface area contributed by atoms with E-state index in [0.29, 0.717) is 45.4 Å². The van der Waals surface area contributed by atoms with Gasteiger partial charge in [-0.3, -0.25) is 9.59 Å². The zero-order chi connectivity index (χ0) is 17.0. The third-order valence-corrected chi connectivity index (χ3v) is 4.89. The Bertz CT molecular complexity index is 732. The minimum atomic E-state index is -0.672. The third-order valence-electron chi connectivity index (χ3n) is 4.89. The molecule has 24 heavy (non-hydrogen) atoms. The van der Waals surface area contributed by atoms with Crippen LogP contribution in [-0.4, -0.2) is 36.6 Å². The Morgan fingerprint density at radius 3 is 2.75 bits per heavy atom. The molecule has 2 heterocycles. The average molecular weight is 329 g/mol. The van der Waals surface area contributed by atoms with Crippen LogP contribution in [0.4, 0.5) is 0 Å². The summed E-state index contributed by atoms with van der Waals surface area (Å²) >= 11 is 0. The first-order valence-electron chi connectivity index (χ1n) is 8.30. The minimum Gasteiger partial charge on any atom is -0.381 e. The number of ether oxygens (including phenoxy) is 1. The molecule has 0 unspecified atom stereocenters. The zero-order valence-electron chi connectivity index (χ0n) is 13.6. The van der Waals surface area contributed by atoms with E-state index < -0.39 is 5.41 Å². The number of carbonyl (C=O) groups is 2. The Labute approximate surface area is 140 Å². The lowest BCUT2D eigenvalue weighted by atomic mass is 9.79. The van der Waals surface area contributed by atoms with Crippen molar-refractivity contribution in [1.29, 1.82) is 0 Å². The van der Waals surface area contributed by atoms with E-state index in [1.54, 1.807) is 0 Å². The molecule has 0 saturated carbocycles. The van der Waals surface area contributed by atoms with Crippen LogP contribution in [0.15, 0.2) is 30.5 Å². The molecule has 1 fully saturated rings. The van der Waals surface area contributed by atoms with Crippen molar-refractivity contribution in [3.63, 3.8) is 0 Å². The van der Waals surface area contributed by atoms with Gasteiger partial charge in [0.15, 0.2) is 0 Å². The van der Waals surface area contributed by atoms with E-state index in [1.165, 1.54) is 0 Å². The van der Waals surface area contributed by atoms with Crippen LogP contribution in [0.3, 0.4) is 0 Å². The molecule has 1 aromatic heterocycles. The summed E-state index contributed by atoms with van der Waals surface area (Å²) in [4.78, 5) is 27.2. The van der Waals surface area contributed by atoms with Gasteiger partial charge in [-0.15, -0.1) is 0 Å². The summed E-state index contributed by atoms with van der Waals surface area (Å²) in [6.45, 7) is 1.31. The van der Waals surface area contributed by atoms with Gasteiger partial charge in [-0.2, -0.15) is 0 Å². The number of rotatable bonds is 6. The molecule has 0 bridgehead atoms. The number of amides is 2. The molecular weight excluding hydrogens is 306 g/mol. The van der Waals surface area contributed by atoms with E-state index in [0.717, 1.165) is 16.5 Å². The number of aromatic amines is 1. The third kappa shape index (κ3) is 3.43. The highest BCUT2D eigenvalue weighted by atomic mass is 16.5. The number of nitrogens with two attached hydrogens (primary N) is 1. The first-order valence-corrected chi connectivity index (χ1v) is 8.30. The summed E-state index contributed by atoms with van der Waals surface area (Å²) in [6, 6.07) is 8.03. The van der Waals surface area contributed by atoms with Crippen LogP contribution in [0.5, 0.6) is 0 Å². The highest BCUT2D eigenvalue weighted by Gasteiger charge is 2.38. The number of hydrogen-bond acceptors (Lipinski definition) is 3. The van der Waals surface area contributed by atoms with E-state index >= 15 is 0 Å². The maximum absolute atomic E-state index is 12.2. The topological polar surface area (TPSA) is 97.2 Å². The molecule has 2 aromatic rings. The van der Waals surface area contributed by atoms with Crippen LogP contribution in [-0.2, 0) is 20.7 Å². The smallest absolute Gasteiger partial charge is 0.225 e. The Balaban J connectivity index is 1.55. The standard InChI is InChI=1S/C18H23N3O3/c19-17(23)18(7-9-24-10-8-18)12-21-16(22)6-5-13-11-20-15-4-2-1-3-14(13)15/h1-4,11,20H,5-10,12H2,(H2,19,23)(H,21,22). The van der Waals surface area contributed by atoms with Crippen molar-refractivity contribution in [3.8, 4) is 0 Å². The largest absolute Gasteiger partial charge is 0.381 e. The highest BCUT2D eigenvalue weighted by molar-refractivity contribution is 5.85. The van der Waals surface area contributed by atoms with Crippen LogP contribution >= 0.6 is 0 Å². The lowest BCUT2D eigenvalue weighted by Crippen LogP contribution is -2.49. The molecule has 6 nitrogen and oxygen atoms in total. The maximum Gasteiger partial charge on any atom is 0.225 e. The molecule has 128 valence electrons. The summed E-state index contributed by atoms with van der Waals surface area (Å²) in [5, 5.41) is 4.02. The zero-order valence-corrected chi connectivity index (χ0v) is 13.6. The minimum absolute atomic E-state index is 0.0626. The molecule has 3 rings (SSSR count). The second-order valence-corrected chi connectivity index (χ2v) is 6.39. The summed E-state index contributed by atoms with van der Waals surface area (Å²) in [5.41, 5.74) is 7.07. The fraction of sp³-hybridized carbons (Fsp3) is 0.444. The Morgan fingerprint density at radius 2 is 2.00 bits per heavy atom. The van der Waals surface area contributed by atoms with Crippen LogP contribution in [0.2, 0.25) is 0 Å². The second kappa shape index (κ2) is 7.05. The van der Waals surface area contributed by atoms with Crippen molar-refractivity contribution < 1.29 is 14.3 Å². The second-order valence-electron chi connectivity index (χ2n) is 6.39. The number of hydrogen-bond donors (Lipinski definition) is 3. The van der Waals surface area contributed by atoms with Gasteiger partial charge in [0.25, 0.3) is 0 Å². The van der Waals surface area contributed by atoms with Gasteiger partial charge >= 0.3 is 0 Å². The molecule has 4 N–H and O–H groups in total. The molecule has 2 amide bonds. The normalized spacial score (nSPS) is 16.8. The summed E-state index contributed by atoms with van der Waals surface area (Å²) in [7, 11) is 0. The van der Waals surface area contributed by atoms with Gasteiger partial charge in [-0.1, -0.05) is 18.2 Å². The first kappa shape index (κ1) is 16.5. The van der Waals surface area contributed by atoms with E-state index in [2.05, 4.69) is 10.3 Å². The van der Waals surface area contributed by atoms with Gasteiger partial charge in [0.1, 0.15) is 0 Å². The van der Waals surface area contributed by atoms with Crippen LogP contribution in [0.25, 0.3) is 10.9 Å². The maximum atomic E-state index is 12.2. The molecule has 0 atom stereocenters. The molecule has 1 aliphatic heterocycles. The fourth-order valence-corrected chi connectivity index (χ4v) is 3.22. The molecule has 1 saturated heterocycles. The van der Waals surface area contributed by atoms with Crippen LogP contribution in [0, 0.1) is 5.41 Å². The Morgan fingerprint density at radius 1 is 1.25 bits per heavy atom. The summed E-state index contributed by atoms with van der Waals surface area (Å²) in [5.74, 6) is -0.421. The predicted octanol–water partition coefficient (Wildman–Crippen LogP) is 1.50. The number of primary amides is 1.